The molecule has 1 aromatic rings. The van der Waals surface area contributed by atoms with Gasteiger partial charge in [0.05, 0.1) is 13.2 Å². The van der Waals surface area contributed by atoms with Crippen LogP contribution < -0.4 is 16.0 Å². The van der Waals surface area contributed by atoms with Crippen molar-refractivity contribution in [2.45, 2.75) is 19.9 Å². The molecular formula is C10H17N3O. The van der Waals surface area contributed by atoms with Crippen LogP contribution in [0.3, 0.4) is 0 Å². The van der Waals surface area contributed by atoms with Crippen LogP contribution in [0.4, 0.5) is 0 Å². The van der Waals surface area contributed by atoms with E-state index in [0.717, 1.165) is 11.4 Å². The first-order valence-electron chi connectivity index (χ1n) is 4.65. The van der Waals surface area contributed by atoms with Gasteiger partial charge in [0, 0.05) is 6.20 Å². The van der Waals surface area contributed by atoms with Gasteiger partial charge < -0.3 is 4.74 Å². The second kappa shape index (κ2) is 4.93. The maximum Gasteiger partial charge on any atom is 0.142 e. The van der Waals surface area contributed by atoms with Gasteiger partial charge in [0.2, 0.25) is 0 Å². The lowest BCUT2D eigenvalue weighted by Crippen LogP contribution is -2.32. The number of nitrogens with two attached hydrogens (primary N) is 1. The summed E-state index contributed by atoms with van der Waals surface area (Å²) in [5, 5.41) is 0. The van der Waals surface area contributed by atoms with Crippen LogP contribution >= 0.6 is 0 Å². The molecular weight excluding hydrogens is 178 g/mol. The SMILES string of the molecule is COc1cccnc1C(NN)C(C)C. The largest absolute Gasteiger partial charge is 0.495 e. The number of methoxy groups -OCH3 is 1. The van der Waals surface area contributed by atoms with Gasteiger partial charge in [0.1, 0.15) is 11.4 Å². The Kier molecular flexibility index (Phi) is 3.85. The summed E-state index contributed by atoms with van der Waals surface area (Å²) >= 11 is 0. The highest BCUT2D eigenvalue weighted by Crippen LogP contribution is 2.26. The van der Waals surface area contributed by atoms with Crippen molar-refractivity contribution in [3.05, 3.63) is 24.0 Å². The van der Waals surface area contributed by atoms with E-state index in [-0.39, 0.29) is 6.04 Å². The van der Waals surface area contributed by atoms with Crippen molar-refractivity contribution in [2.75, 3.05) is 7.11 Å². The molecule has 0 radical (unpaired) electrons. The molecule has 14 heavy (non-hydrogen) atoms. The van der Waals surface area contributed by atoms with Crippen molar-refractivity contribution in [1.82, 2.24) is 10.4 Å². The topological polar surface area (TPSA) is 60.2 Å². The average molecular weight is 195 g/mol. The number of hydrogen-bond donors (Lipinski definition) is 2. The van der Waals surface area contributed by atoms with Crippen molar-refractivity contribution in [3.63, 3.8) is 0 Å². The van der Waals surface area contributed by atoms with Crippen LogP contribution in [0.25, 0.3) is 0 Å². The fourth-order valence-electron chi connectivity index (χ4n) is 1.40. The van der Waals surface area contributed by atoms with Gasteiger partial charge in [-0.2, -0.15) is 0 Å². The van der Waals surface area contributed by atoms with E-state index in [2.05, 4.69) is 24.3 Å². The van der Waals surface area contributed by atoms with Gasteiger partial charge in [-0.25, -0.2) is 0 Å². The normalized spacial score (nSPS) is 12.9. The Morgan fingerprint density at radius 3 is 2.71 bits per heavy atom. The molecule has 0 bridgehead atoms. The molecule has 1 unspecified atom stereocenters. The van der Waals surface area contributed by atoms with E-state index in [1.165, 1.54) is 0 Å². The van der Waals surface area contributed by atoms with E-state index in [1.54, 1.807) is 13.3 Å². The first-order valence-corrected chi connectivity index (χ1v) is 4.65. The van der Waals surface area contributed by atoms with Crippen molar-refractivity contribution >= 4 is 0 Å². The molecule has 0 aliphatic carbocycles. The Labute approximate surface area is 84.4 Å². The lowest BCUT2D eigenvalue weighted by molar-refractivity contribution is 0.365. The van der Waals surface area contributed by atoms with Crippen LogP contribution in [0.15, 0.2) is 18.3 Å². The molecule has 0 aliphatic rings. The molecule has 4 nitrogen and oxygen atoms in total. The minimum Gasteiger partial charge on any atom is -0.495 e. The number of hydrogen-bond acceptors (Lipinski definition) is 4. The highest BCUT2D eigenvalue weighted by atomic mass is 16.5. The average Bonchev–Trinajstić information content (AvgIpc) is 2.19. The molecule has 1 atom stereocenters. The molecule has 1 aromatic heterocycles. The molecule has 0 saturated heterocycles. The summed E-state index contributed by atoms with van der Waals surface area (Å²) < 4.78 is 5.22. The fraction of sp³-hybridized carbons (Fsp3) is 0.500. The fourth-order valence-corrected chi connectivity index (χ4v) is 1.40. The molecule has 1 rings (SSSR count). The zero-order valence-electron chi connectivity index (χ0n) is 8.82. The smallest absolute Gasteiger partial charge is 0.142 e. The third kappa shape index (κ3) is 2.21. The zero-order chi connectivity index (χ0) is 10.6. The maximum absolute atomic E-state index is 5.48. The first-order chi connectivity index (χ1) is 6.70. The van der Waals surface area contributed by atoms with Crippen LogP contribution in [0.5, 0.6) is 5.75 Å². The predicted molar refractivity (Wildman–Crippen MR) is 55.7 cm³/mol. The van der Waals surface area contributed by atoms with E-state index < -0.39 is 0 Å². The number of aromatic nitrogens is 1. The van der Waals surface area contributed by atoms with E-state index >= 15 is 0 Å². The number of nitrogens with zero attached hydrogens (tertiary/aromatic N) is 1. The van der Waals surface area contributed by atoms with E-state index in [4.69, 9.17) is 10.6 Å². The van der Waals surface area contributed by atoms with Gasteiger partial charge in [0.25, 0.3) is 0 Å². The highest BCUT2D eigenvalue weighted by molar-refractivity contribution is 5.29. The number of pyridine rings is 1. The van der Waals surface area contributed by atoms with Crippen molar-refractivity contribution in [2.24, 2.45) is 11.8 Å². The van der Waals surface area contributed by atoms with Crippen LogP contribution in [-0.4, -0.2) is 12.1 Å². The van der Waals surface area contributed by atoms with Gasteiger partial charge in [0.15, 0.2) is 0 Å². The minimum atomic E-state index is 0.0196. The first kappa shape index (κ1) is 10.9. The zero-order valence-corrected chi connectivity index (χ0v) is 8.82. The lowest BCUT2D eigenvalue weighted by atomic mass is 10.0. The Morgan fingerprint density at radius 2 is 2.21 bits per heavy atom. The quantitative estimate of drug-likeness (QED) is 0.560. The molecule has 0 fully saturated rings. The van der Waals surface area contributed by atoms with E-state index in [9.17, 15) is 0 Å². The summed E-state index contributed by atoms with van der Waals surface area (Å²) in [5.41, 5.74) is 3.60. The van der Waals surface area contributed by atoms with Crippen molar-refractivity contribution in [3.8, 4) is 5.75 Å². The molecule has 1 heterocycles. The second-order valence-electron chi connectivity index (χ2n) is 3.48. The summed E-state index contributed by atoms with van der Waals surface area (Å²) in [7, 11) is 1.63. The molecule has 78 valence electrons. The van der Waals surface area contributed by atoms with Crippen molar-refractivity contribution < 1.29 is 4.74 Å². The van der Waals surface area contributed by atoms with E-state index in [0.29, 0.717) is 5.92 Å². The third-order valence-corrected chi connectivity index (χ3v) is 2.16. The molecule has 0 aliphatic heterocycles. The maximum atomic E-state index is 5.48. The molecule has 3 N–H and O–H groups in total. The Morgan fingerprint density at radius 1 is 1.50 bits per heavy atom. The van der Waals surface area contributed by atoms with Gasteiger partial charge >= 0.3 is 0 Å². The molecule has 0 saturated carbocycles. The van der Waals surface area contributed by atoms with Gasteiger partial charge in [-0.15, -0.1) is 0 Å². The summed E-state index contributed by atoms with van der Waals surface area (Å²) in [6.07, 6.45) is 1.74. The standard InChI is InChI=1S/C10H17N3O/c1-7(2)9(13-11)10-8(14-3)5-4-6-12-10/h4-7,9,13H,11H2,1-3H3. The summed E-state index contributed by atoms with van der Waals surface area (Å²) in [6, 6.07) is 3.75. The monoisotopic (exact) mass is 195 g/mol. The number of nitrogens with one attached hydrogen (secondary N) is 1. The second-order valence-corrected chi connectivity index (χ2v) is 3.48. The van der Waals surface area contributed by atoms with Crippen LogP contribution in [0.1, 0.15) is 25.6 Å². The van der Waals surface area contributed by atoms with Crippen molar-refractivity contribution in [1.29, 1.82) is 0 Å². The molecule has 0 aromatic carbocycles. The molecule has 4 heteroatoms. The van der Waals surface area contributed by atoms with Gasteiger partial charge in [-0.1, -0.05) is 13.8 Å². The Hall–Kier alpha value is -1.13. The van der Waals surface area contributed by atoms with E-state index in [1.807, 2.05) is 12.1 Å². The lowest BCUT2D eigenvalue weighted by Gasteiger charge is -2.20. The van der Waals surface area contributed by atoms with Crippen LogP contribution in [-0.2, 0) is 0 Å². The highest BCUT2D eigenvalue weighted by Gasteiger charge is 2.19. The summed E-state index contributed by atoms with van der Waals surface area (Å²) in [5.74, 6) is 6.62. The third-order valence-electron chi connectivity index (χ3n) is 2.16. The Bertz CT molecular complexity index is 288. The van der Waals surface area contributed by atoms with Crippen LogP contribution in [0, 0.1) is 5.92 Å². The molecule has 0 amide bonds. The van der Waals surface area contributed by atoms with Crippen LogP contribution in [0.2, 0.25) is 0 Å². The Balaban J connectivity index is 3.02. The van der Waals surface area contributed by atoms with Gasteiger partial charge in [-0.05, 0) is 18.1 Å². The number of hydrazine groups is 1. The van der Waals surface area contributed by atoms with Gasteiger partial charge in [-0.3, -0.25) is 16.3 Å². The number of rotatable bonds is 4. The summed E-state index contributed by atoms with van der Waals surface area (Å²) in [4.78, 5) is 4.27. The summed E-state index contributed by atoms with van der Waals surface area (Å²) in [6.45, 7) is 4.16. The molecule has 0 spiro atoms. The number of ether oxygens (including phenoxy) is 1. The minimum absolute atomic E-state index is 0.0196. The predicted octanol–water partition coefficient (Wildman–Crippen LogP) is 1.25.